The Morgan fingerprint density at radius 2 is 1.69 bits per heavy atom. The lowest BCUT2D eigenvalue weighted by atomic mass is 10.1. The van der Waals surface area contributed by atoms with E-state index in [1.165, 1.54) is 16.9 Å². The number of aryl methyl sites for hydroxylation is 2. The Morgan fingerprint density at radius 3 is 2.42 bits per heavy atom. The molecule has 0 spiro atoms. The van der Waals surface area contributed by atoms with Crippen molar-refractivity contribution in [3.63, 3.8) is 0 Å². The van der Waals surface area contributed by atoms with Crippen LogP contribution in [-0.4, -0.2) is 22.3 Å². The Hall–Kier alpha value is -2.16. The summed E-state index contributed by atoms with van der Waals surface area (Å²) >= 11 is 4.77. The molecule has 0 aliphatic carbocycles. The number of nitrogens with zero attached hydrogens (tertiary/aromatic N) is 2. The average Bonchev–Trinajstić information content (AvgIpc) is 3.20. The Morgan fingerprint density at radius 1 is 0.962 bits per heavy atom. The summed E-state index contributed by atoms with van der Waals surface area (Å²) in [7, 11) is 0. The summed E-state index contributed by atoms with van der Waals surface area (Å²) in [6, 6.07) is 9.48. The number of aromatic nitrogens is 2. The molecule has 4 rings (SSSR count). The Balaban J connectivity index is 1.58. The molecule has 5 nitrogen and oxygen atoms in total. The molecule has 0 saturated heterocycles. The second kappa shape index (κ2) is 6.86. The van der Waals surface area contributed by atoms with E-state index in [1.807, 2.05) is 50.4 Å². The van der Waals surface area contributed by atoms with E-state index in [-0.39, 0.29) is 6.03 Å². The zero-order valence-corrected chi connectivity index (χ0v) is 16.9. The molecular weight excluding hydrogens is 384 g/mol. The second-order valence-electron chi connectivity index (χ2n) is 5.84. The number of carbonyl (C=O) groups is 1. The lowest BCUT2D eigenvalue weighted by Crippen LogP contribution is -2.19. The van der Waals surface area contributed by atoms with Gasteiger partial charge >= 0.3 is 6.03 Å². The molecular formula is C18H16N4OS3. The molecule has 0 unspecified atom stereocenters. The van der Waals surface area contributed by atoms with Crippen LogP contribution in [0.25, 0.3) is 20.4 Å². The van der Waals surface area contributed by atoms with Crippen LogP contribution in [0, 0.1) is 13.8 Å². The van der Waals surface area contributed by atoms with Crippen LogP contribution >= 0.6 is 34.4 Å². The summed E-state index contributed by atoms with van der Waals surface area (Å²) in [4.78, 5) is 21.4. The molecule has 8 heteroatoms. The molecule has 0 bridgehead atoms. The maximum atomic E-state index is 12.3. The second-order valence-corrected chi connectivity index (χ2v) is 8.89. The highest BCUT2D eigenvalue weighted by Gasteiger charge is 2.13. The van der Waals surface area contributed by atoms with Crippen LogP contribution in [0.3, 0.4) is 0 Å². The van der Waals surface area contributed by atoms with Gasteiger partial charge in [-0.25, -0.2) is 14.8 Å². The van der Waals surface area contributed by atoms with Crippen molar-refractivity contribution in [3.8, 4) is 0 Å². The minimum atomic E-state index is -0.294. The molecule has 2 amide bonds. The summed E-state index contributed by atoms with van der Waals surface area (Å²) in [5.74, 6) is 0. The summed E-state index contributed by atoms with van der Waals surface area (Å²) in [6.45, 7) is 4.07. The predicted molar refractivity (Wildman–Crippen MR) is 113 cm³/mol. The van der Waals surface area contributed by atoms with Gasteiger partial charge in [-0.05, 0) is 55.5 Å². The third-order valence-corrected chi connectivity index (χ3v) is 7.26. The lowest BCUT2D eigenvalue weighted by molar-refractivity contribution is 0.262. The molecule has 0 fully saturated rings. The van der Waals surface area contributed by atoms with Crippen molar-refractivity contribution in [1.82, 2.24) is 9.97 Å². The molecule has 0 saturated carbocycles. The van der Waals surface area contributed by atoms with Gasteiger partial charge in [-0.1, -0.05) is 29.2 Å². The SMILES string of the molecule is CSc1nc2ccc3nc(NC(=O)Nc4ccc(C)c(C)c4)sc3c2s1. The van der Waals surface area contributed by atoms with Crippen molar-refractivity contribution in [2.24, 2.45) is 0 Å². The third-order valence-electron chi connectivity index (χ3n) is 4.05. The summed E-state index contributed by atoms with van der Waals surface area (Å²) in [5.41, 5.74) is 4.95. The van der Waals surface area contributed by atoms with Gasteiger partial charge < -0.3 is 5.32 Å². The molecule has 2 aromatic heterocycles. The summed E-state index contributed by atoms with van der Waals surface area (Å²) < 4.78 is 3.21. The first-order valence-electron chi connectivity index (χ1n) is 7.93. The van der Waals surface area contributed by atoms with Gasteiger partial charge in [-0.15, -0.1) is 11.3 Å². The number of rotatable bonds is 3. The van der Waals surface area contributed by atoms with Crippen molar-refractivity contribution in [2.45, 2.75) is 18.2 Å². The number of fused-ring (bicyclic) bond motifs is 3. The Labute approximate surface area is 162 Å². The number of urea groups is 1. The van der Waals surface area contributed by atoms with E-state index < -0.39 is 0 Å². The standard InChI is InChI=1S/C18H16N4OS3/c1-9-4-5-11(8-10(9)2)19-16(23)22-17-20-12-6-7-13-15(14(12)25-17)26-18(21-13)24-3/h4-8H,1-3H3,(H2,19,20,22,23). The topological polar surface area (TPSA) is 66.9 Å². The van der Waals surface area contributed by atoms with E-state index in [0.29, 0.717) is 5.13 Å². The maximum absolute atomic E-state index is 12.3. The van der Waals surface area contributed by atoms with Crippen LogP contribution in [0.1, 0.15) is 11.1 Å². The molecule has 0 atom stereocenters. The van der Waals surface area contributed by atoms with Crippen LogP contribution in [0.4, 0.5) is 15.6 Å². The molecule has 4 aromatic rings. The first-order chi connectivity index (χ1) is 12.5. The average molecular weight is 401 g/mol. The van der Waals surface area contributed by atoms with Crippen molar-refractivity contribution in [3.05, 3.63) is 41.5 Å². The van der Waals surface area contributed by atoms with Crippen LogP contribution in [0.5, 0.6) is 0 Å². The molecule has 26 heavy (non-hydrogen) atoms. The number of nitrogens with one attached hydrogen (secondary N) is 2. The number of benzene rings is 2. The Bertz CT molecular complexity index is 1130. The lowest BCUT2D eigenvalue weighted by Gasteiger charge is -2.07. The highest BCUT2D eigenvalue weighted by Crippen LogP contribution is 2.38. The summed E-state index contributed by atoms with van der Waals surface area (Å²) in [5, 5.41) is 6.27. The van der Waals surface area contributed by atoms with Crippen molar-refractivity contribution < 1.29 is 4.79 Å². The molecule has 2 N–H and O–H groups in total. The molecule has 132 valence electrons. The van der Waals surface area contributed by atoms with Crippen LogP contribution in [-0.2, 0) is 0 Å². The van der Waals surface area contributed by atoms with Gasteiger partial charge in [0.15, 0.2) is 9.47 Å². The van der Waals surface area contributed by atoms with E-state index in [2.05, 4.69) is 20.6 Å². The fourth-order valence-corrected chi connectivity index (χ4v) is 5.23. The predicted octanol–water partition coefficient (Wildman–Crippen LogP) is 5.89. The maximum Gasteiger partial charge on any atom is 0.325 e. The number of thiazole rings is 2. The quantitative estimate of drug-likeness (QED) is 0.421. The fourth-order valence-electron chi connectivity index (χ4n) is 2.57. The molecule has 0 aliphatic rings. The smallest absolute Gasteiger partial charge is 0.308 e. The van der Waals surface area contributed by atoms with E-state index in [1.54, 1.807) is 23.1 Å². The van der Waals surface area contributed by atoms with E-state index in [0.717, 1.165) is 36.0 Å². The van der Waals surface area contributed by atoms with Crippen LogP contribution in [0.2, 0.25) is 0 Å². The zero-order chi connectivity index (χ0) is 18.3. The Kier molecular flexibility index (Phi) is 4.56. The minimum absolute atomic E-state index is 0.294. The number of hydrogen-bond acceptors (Lipinski definition) is 6. The van der Waals surface area contributed by atoms with Gasteiger partial charge in [0.05, 0.1) is 20.4 Å². The van der Waals surface area contributed by atoms with Crippen LogP contribution in [0.15, 0.2) is 34.7 Å². The van der Waals surface area contributed by atoms with E-state index in [9.17, 15) is 4.79 Å². The minimum Gasteiger partial charge on any atom is -0.308 e. The van der Waals surface area contributed by atoms with Crippen molar-refractivity contribution >= 4 is 71.7 Å². The first-order valence-corrected chi connectivity index (χ1v) is 10.8. The normalized spacial score (nSPS) is 11.2. The number of amides is 2. The van der Waals surface area contributed by atoms with Gasteiger partial charge in [0.1, 0.15) is 0 Å². The zero-order valence-electron chi connectivity index (χ0n) is 14.4. The number of carbonyl (C=O) groups excluding carboxylic acids is 1. The first kappa shape index (κ1) is 17.3. The highest BCUT2D eigenvalue weighted by atomic mass is 32.2. The highest BCUT2D eigenvalue weighted by molar-refractivity contribution is 8.00. The van der Waals surface area contributed by atoms with Crippen molar-refractivity contribution in [2.75, 3.05) is 16.9 Å². The number of anilines is 2. The summed E-state index contributed by atoms with van der Waals surface area (Å²) in [6.07, 6.45) is 2.02. The molecule has 0 radical (unpaired) electrons. The monoisotopic (exact) mass is 400 g/mol. The number of hydrogen-bond donors (Lipinski definition) is 2. The molecule has 2 heterocycles. The fraction of sp³-hybridized carbons (Fsp3) is 0.167. The van der Waals surface area contributed by atoms with Gasteiger partial charge in [0.25, 0.3) is 0 Å². The van der Waals surface area contributed by atoms with Gasteiger partial charge in [-0.3, -0.25) is 5.32 Å². The van der Waals surface area contributed by atoms with Crippen molar-refractivity contribution in [1.29, 1.82) is 0 Å². The van der Waals surface area contributed by atoms with Gasteiger partial charge in [0.2, 0.25) is 0 Å². The number of thioether (sulfide) groups is 1. The molecule has 2 aromatic carbocycles. The third kappa shape index (κ3) is 3.27. The largest absolute Gasteiger partial charge is 0.325 e. The van der Waals surface area contributed by atoms with Crippen LogP contribution < -0.4 is 10.6 Å². The van der Waals surface area contributed by atoms with E-state index in [4.69, 9.17) is 0 Å². The van der Waals surface area contributed by atoms with Gasteiger partial charge in [-0.2, -0.15) is 0 Å². The van der Waals surface area contributed by atoms with E-state index >= 15 is 0 Å². The van der Waals surface area contributed by atoms with Gasteiger partial charge in [0, 0.05) is 5.69 Å². The molecule has 0 aliphatic heterocycles.